The summed E-state index contributed by atoms with van der Waals surface area (Å²) in [5.74, 6) is 0.187. The molecule has 0 spiro atoms. The molecule has 24 heavy (non-hydrogen) atoms. The molecule has 0 unspecified atom stereocenters. The van der Waals surface area contributed by atoms with Crippen molar-refractivity contribution in [1.29, 1.82) is 0 Å². The lowest BCUT2D eigenvalue weighted by Gasteiger charge is -2.22. The number of H-pyrrole nitrogens is 1. The highest BCUT2D eigenvalue weighted by Gasteiger charge is 2.27. The third-order valence-corrected chi connectivity index (χ3v) is 4.49. The van der Waals surface area contributed by atoms with Gasteiger partial charge in [-0.3, -0.25) is 9.59 Å². The molecule has 2 aromatic rings. The molecule has 7 heteroatoms. The lowest BCUT2D eigenvalue weighted by Crippen LogP contribution is -2.40. The number of likely N-dealkylation sites (N-methyl/N-ethyl adjacent to an activating group) is 1. The molecule has 1 aliphatic rings. The number of nitrogens with zero attached hydrogens (tertiary/aromatic N) is 3. The van der Waals surface area contributed by atoms with Gasteiger partial charge in [0.15, 0.2) is 0 Å². The molecule has 1 atom stereocenters. The fraction of sp³-hybridized carbons (Fsp3) is 0.471. The van der Waals surface area contributed by atoms with Gasteiger partial charge in [-0.1, -0.05) is 12.1 Å². The zero-order chi connectivity index (χ0) is 17.1. The number of hydrogen-bond donors (Lipinski definition) is 2. The average molecular weight is 329 g/mol. The van der Waals surface area contributed by atoms with Crippen molar-refractivity contribution in [1.82, 2.24) is 19.8 Å². The van der Waals surface area contributed by atoms with Crippen molar-refractivity contribution in [3.63, 3.8) is 0 Å². The number of benzene rings is 1. The van der Waals surface area contributed by atoms with E-state index in [1.54, 1.807) is 4.90 Å². The summed E-state index contributed by atoms with van der Waals surface area (Å²) >= 11 is 0. The number of fused-ring (bicyclic) bond motifs is 1. The number of nitrogens with two attached hydrogens (primary N) is 1. The van der Waals surface area contributed by atoms with Crippen LogP contribution in [0.5, 0.6) is 0 Å². The molecule has 2 heterocycles. The van der Waals surface area contributed by atoms with E-state index in [4.69, 9.17) is 5.73 Å². The minimum absolute atomic E-state index is 0.0389. The quantitative estimate of drug-likeness (QED) is 0.847. The number of para-hydroxylation sites is 2. The van der Waals surface area contributed by atoms with Crippen molar-refractivity contribution in [2.45, 2.75) is 12.8 Å². The van der Waals surface area contributed by atoms with E-state index in [1.165, 1.54) is 0 Å². The second kappa shape index (κ2) is 7.00. The molecular weight excluding hydrogens is 306 g/mol. The Hall–Kier alpha value is -2.41. The number of carbonyl (C=O) groups excluding carboxylic acids is 2. The second-order valence-electron chi connectivity index (χ2n) is 6.40. The highest BCUT2D eigenvalue weighted by molar-refractivity contribution is 5.80. The Morgan fingerprint density at radius 1 is 1.29 bits per heavy atom. The van der Waals surface area contributed by atoms with Crippen LogP contribution in [0.15, 0.2) is 24.3 Å². The SMILES string of the molecule is CN1CCN(C(=O)CCc2nc3ccccc3[nH]2)C[C@@H](C(N)=O)C1. The van der Waals surface area contributed by atoms with E-state index < -0.39 is 0 Å². The van der Waals surface area contributed by atoms with Gasteiger partial charge in [0.25, 0.3) is 0 Å². The summed E-state index contributed by atoms with van der Waals surface area (Å²) in [4.78, 5) is 35.6. The number of aryl methyl sites for hydroxylation is 1. The van der Waals surface area contributed by atoms with Gasteiger partial charge in [0, 0.05) is 39.0 Å². The Bertz CT molecular complexity index is 708. The maximum atomic E-state index is 12.5. The number of imidazole rings is 1. The molecule has 1 aromatic carbocycles. The first-order valence-electron chi connectivity index (χ1n) is 8.22. The standard InChI is InChI=1S/C17H23N5O2/c1-21-8-9-22(11-12(10-21)17(18)24)16(23)7-6-15-19-13-4-2-3-5-14(13)20-15/h2-5,12H,6-11H2,1H3,(H2,18,24)(H,19,20)/t12-/m0/s1. The van der Waals surface area contributed by atoms with Crippen molar-refractivity contribution < 1.29 is 9.59 Å². The predicted octanol–water partition coefficient (Wildman–Crippen LogP) is 0.371. The van der Waals surface area contributed by atoms with Gasteiger partial charge in [0.1, 0.15) is 5.82 Å². The van der Waals surface area contributed by atoms with Crippen LogP contribution in [0, 0.1) is 5.92 Å². The average Bonchev–Trinajstić information content (AvgIpc) is 2.87. The van der Waals surface area contributed by atoms with Crippen LogP contribution in [0.2, 0.25) is 0 Å². The van der Waals surface area contributed by atoms with Crippen LogP contribution < -0.4 is 5.73 Å². The summed E-state index contributed by atoms with van der Waals surface area (Å²) in [6, 6.07) is 7.80. The van der Waals surface area contributed by atoms with Gasteiger partial charge in [-0.15, -0.1) is 0 Å². The van der Waals surface area contributed by atoms with E-state index in [2.05, 4.69) is 9.97 Å². The first-order chi connectivity index (χ1) is 11.5. The predicted molar refractivity (Wildman–Crippen MR) is 91.2 cm³/mol. The Kier molecular flexibility index (Phi) is 4.80. The van der Waals surface area contributed by atoms with Crippen molar-refractivity contribution in [3.05, 3.63) is 30.1 Å². The fourth-order valence-electron chi connectivity index (χ4n) is 3.09. The molecule has 1 saturated heterocycles. The van der Waals surface area contributed by atoms with Crippen LogP contribution in [0.1, 0.15) is 12.2 Å². The van der Waals surface area contributed by atoms with Crippen LogP contribution in [-0.2, 0) is 16.0 Å². The molecular formula is C17H23N5O2. The monoisotopic (exact) mass is 329 g/mol. The largest absolute Gasteiger partial charge is 0.369 e. The van der Waals surface area contributed by atoms with Gasteiger partial charge in [0.2, 0.25) is 11.8 Å². The van der Waals surface area contributed by atoms with Crippen LogP contribution >= 0.6 is 0 Å². The van der Waals surface area contributed by atoms with E-state index in [1.807, 2.05) is 36.2 Å². The minimum Gasteiger partial charge on any atom is -0.369 e. The van der Waals surface area contributed by atoms with Crippen LogP contribution in [-0.4, -0.2) is 64.8 Å². The fourth-order valence-corrected chi connectivity index (χ4v) is 3.09. The number of aromatic nitrogens is 2. The molecule has 1 fully saturated rings. The molecule has 1 aromatic heterocycles. The van der Waals surface area contributed by atoms with Gasteiger partial charge in [-0.2, -0.15) is 0 Å². The third kappa shape index (κ3) is 3.73. The van der Waals surface area contributed by atoms with E-state index in [9.17, 15) is 9.59 Å². The number of aromatic amines is 1. The smallest absolute Gasteiger partial charge is 0.223 e. The van der Waals surface area contributed by atoms with Gasteiger partial charge in [-0.25, -0.2) is 4.98 Å². The van der Waals surface area contributed by atoms with Crippen molar-refractivity contribution in [2.24, 2.45) is 11.7 Å². The topological polar surface area (TPSA) is 95.3 Å². The first-order valence-corrected chi connectivity index (χ1v) is 8.22. The lowest BCUT2D eigenvalue weighted by atomic mass is 10.1. The lowest BCUT2D eigenvalue weighted by molar-refractivity contribution is -0.132. The zero-order valence-corrected chi connectivity index (χ0v) is 13.9. The molecule has 1 aliphatic heterocycles. The Morgan fingerprint density at radius 2 is 2.08 bits per heavy atom. The molecule has 0 saturated carbocycles. The summed E-state index contributed by atoms with van der Waals surface area (Å²) in [7, 11) is 1.94. The highest BCUT2D eigenvalue weighted by Crippen LogP contribution is 2.13. The van der Waals surface area contributed by atoms with Gasteiger partial charge in [0.05, 0.1) is 17.0 Å². The molecule has 3 rings (SSSR count). The number of hydrogen-bond acceptors (Lipinski definition) is 4. The maximum Gasteiger partial charge on any atom is 0.223 e. The van der Waals surface area contributed by atoms with Crippen molar-refractivity contribution >= 4 is 22.8 Å². The number of carbonyl (C=O) groups is 2. The molecule has 0 aliphatic carbocycles. The second-order valence-corrected chi connectivity index (χ2v) is 6.40. The summed E-state index contributed by atoms with van der Waals surface area (Å²) in [5.41, 5.74) is 7.34. The van der Waals surface area contributed by atoms with Crippen molar-refractivity contribution in [2.75, 3.05) is 33.2 Å². The summed E-state index contributed by atoms with van der Waals surface area (Å²) in [6.45, 7) is 2.38. The molecule has 0 radical (unpaired) electrons. The Morgan fingerprint density at radius 3 is 2.83 bits per heavy atom. The van der Waals surface area contributed by atoms with E-state index in [0.717, 1.165) is 23.4 Å². The summed E-state index contributed by atoms with van der Waals surface area (Å²) in [6.07, 6.45) is 0.927. The van der Waals surface area contributed by atoms with Gasteiger partial charge >= 0.3 is 0 Å². The number of amides is 2. The summed E-state index contributed by atoms with van der Waals surface area (Å²) < 4.78 is 0. The first kappa shape index (κ1) is 16.4. The molecule has 2 amide bonds. The van der Waals surface area contributed by atoms with Crippen LogP contribution in [0.25, 0.3) is 11.0 Å². The Balaban J connectivity index is 1.62. The normalized spacial score (nSPS) is 19.4. The Labute approximate surface area is 140 Å². The molecule has 0 bridgehead atoms. The minimum atomic E-state index is -0.348. The van der Waals surface area contributed by atoms with Crippen LogP contribution in [0.4, 0.5) is 0 Å². The van der Waals surface area contributed by atoms with Crippen molar-refractivity contribution in [3.8, 4) is 0 Å². The van der Waals surface area contributed by atoms with E-state index in [-0.39, 0.29) is 17.7 Å². The molecule has 7 nitrogen and oxygen atoms in total. The highest BCUT2D eigenvalue weighted by atomic mass is 16.2. The summed E-state index contributed by atoms with van der Waals surface area (Å²) in [5, 5.41) is 0. The van der Waals surface area contributed by atoms with Gasteiger partial charge in [-0.05, 0) is 19.2 Å². The number of rotatable bonds is 4. The van der Waals surface area contributed by atoms with Crippen LogP contribution in [0.3, 0.4) is 0 Å². The molecule has 3 N–H and O–H groups in total. The third-order valence-electron chi connectivity index (χ3n) is 4.49. The maximum absolute atomic E-state index is 12.5. The number of primary amides is 1. The zero-order valence-electron chi connectivity index (χ0n) is 13.9. The number of nitrogens with one attached hydrogen (secondary N) is 1. The molecule has 128 valence electrons. The van der Waals surface area contributed by atoms with E-state index in [0.29, 0.717) is 32.5 Å². The van der Waals surface area contributed by atoms with E-state index >= 15 is 0 Å². The van der Waals surface area contributed by atoms with Gasteiger partial charge < -0.3 is 20.5 Å².